The molecule has 1 heterocycles. The number of nitrogens with zero attached hydrogens (tertiary/aromatic N) is 2. The van der Waals surface area contributed by atoms with Crippen molar-refractivity contribution in [1.29, 1.82) is 5.26 Å². The van der Waals surface area contributed by atoms with E-state index in [1.165, 1.54) is 0 Å². The fourth-order valence-corrected chi connectivity index (χ4v) is 2.73. The summed E-state index contributed by atoms with van der Waals surface area (Å²) < 4.78 is 0. The molecule has 2 rings (SSSR count). The third-order valence-corrected chi connectivity index (χ3v) is 4.10. The van der Waals surface area contributed by atoms with Crippen molar-refractivity contribution in [3.63, 3.8) is 0 Å². The number of para-hydroxylation sites is 1. The lowest BCUT2D eigenvalue weighted by Crippen LogP contribution is -2.24. The van der Waals surface area contributed by atoms with Crippen molar-refractivity contribution in [2.75, 3.05) is 5.32 Å². The molecule has 0 saturated heterocycles. The van der Waals surface area contributed by atoms with Gasteiger partial charge in [-0.15, -0.1) is 0 Å². The molecule has 6 nitrogen and oxygen atoms in total. The van der Waals surface area contributed by atoms with Crippen LogP contribution in [0, 0.1) is 11.3 Å². The molecule has 1 amide bonds. The molecule has 0 aliphatic heterocycles. The molecule has 0 bridgehead atoms. The average Bonchev–Trinajstić information content (AvgIpc) is 2.55. The summed E-state index contributed by atoms with van der Waals surface area (Å²) in [5.74, 6) is -0.189. The second-order valence-electron chi connectivity index (χ2n) is 4.77. The number of thioether (sulfide) groups is 1. The van der Waals surface area contributed by atoms with Crippen molar-refractivity contribution < 1.29 is 4.79 Å². The van der Waals surface area contributed by atoms with E-state index in [4.69, 9.17) is 5.26 Å². The predicted octanol–water partition coefficient (Wildman–Crippen LogP) is 2.32. The van der Waals surface area contributed by atoms with E-state index >= 15 is 0 Å². The van der Waals surface area contributed by atoms with Gasteiger partial charge in [0.2, 0.25) is 5.91 Å². The molecule has 0 spiro atoms. The fourth-order valence-electron chi connectivity index (χ4n) is 1.91. The van der Waals surface area contributed by atoms with Gasteiger partial charge in [-0.3, -0.25) is 9.59 Å². The van der Waals surface area contributed by atoms with Crippen LogP contribution in [-0.2, 0) is 11.2 Å². The van der Waals surface area contributed by atoms with Crippen molar-refractivity contribution in [2.24, 2.45) is 0 Å². The molecule has 0 unspecified atom stereocenters. The Morgan fingerprint density at radius 1 is 1.43 bits per heavy atom. The lowest BCUT2D eigenvalue weighted by molar-refractivity contribution is -0.115. The molecule has 2 N–H and O–H groups in total. The van der Waals surface area contributed by atoms with E-state index in [-0.39, 0.29) is 11.5 Å². The molecule has 0 fully saturated rings. The maximum absolute atomic E-state index is 12.2. The number of carbonyl (C=O) groups is 1. The molecule has 1 atom stereocenters. The van der Waals surface area contributed by atoms with Crippen LogP contribution in [0.25, 0.3) is 0 Å². The lowest BCUT2D eigenvalue weighted by Gasteiger charge is -2.12. The van der Waals surface area contributed by atoms with E-state index in [1.54, 1.807) is 19.1 Å². The highest BCUT2D eigenvalue weighted by atomic mass is 32.2. The largest absolute Gasteiger partial charge is 0.325 e. The Hall–Kier alpha value is -2.59. The number of anilines is 1. The molecule has 2 aromatic rings. The van der Waals surface area contributed by atoms with Crippen LogP contribution in [0.15, 0.2) is 40.3 Å². The SMILES string of the molecule is CCc1nc(S[C@@H](C)C(=O)Nc2ccccc2)[nH]c(=O)c1C#N. The highest BCUT2D eigenvalue weighted by Gasteiger charge is 2.18. The molecule has 0 saturated carbocycles. The van der Waals surface area contributed by atoms with E-state index < -0.39 is 10.8 Å². The van der Waals surface area contributed by atoms with Crippen LogP contribution in [0.3, 0.4) is 0 Å². The first-order chi connectivity index (χ1) is 11.0. The molecule has 118 valence electrons. The lowest BCUT2D eigenvalue weighted by atomic mass is 10.2. The summed E-state index contributed by atoms with van der Waals surface area (Å²) in [5.41, 5.74) is 0.700. The number of hydrogen-bond acceptors (Lipinski definition) is 5. The summed E-state index contributed by atoms with van der Waals surface area (Å²) in [5, 5.41) is 11.7. The minimum Gasteiger partial charge on any atom is -0.325 e. The highest BCUT2D eigenvalue weighted by molar-refractivity contribution is 8.00. The van der Waals surface area contributed by atoms with Gasteiger partial charge in [-0.1, -0.05) is 36.9 Å². The topological polar surface area (TPSA) is 98.6 Å². The van der Waals surface area contributed by atoms with E-state index in [9.17, 15) is 9.59 Å². The zero-order valence-electron chi connectivity index (χ0n) is 12.8. The highest BCUT2D eigenvalue weighted by Crippen LogP contribution is 2.20. The quantitative estimate of drug-likeness (QED) is 0.648. The first-order valence-electron chi connectivity index (χ1n) is 7.11. The van der Waals surface area contributed by atoms with E-state index in [0.717, 1.165) is 11.8 Å². The molecule has 0 aliphatic rings. The third kappa shape index (κ3) is 4.20. The minimum atomic E-state index is -0.475. The Balaban J connectivity index is 2.12. The molecular formula is C16H16N4O2S. The smallest absolute Gasteiger partial charge is 0.269 e. The number of H-pyrrole nitrogens is 1. The first-order valence-corrected chi connectivity index (χ1v) is 7.99. The summed E-state index contributed by atoms with van der Waals surface area (Å²) in [6, 6.07) is 11.0. The van der Waals surface area contributed by atoms with Gasteiger partial charge in [0.05, 0.1) is 10.9 Å². The number of carbonyl (C=O) groups excluding carboxylic acids is 1. The number of rotatable bonds is 5. The van der Waals surface area contributed by atoms with E-state index in [1.807, 2.05) is 31.2 Å². The van der Waals surface area contributed by atoms with Gasteiger partial charge >= 0.3 is 0 Å². The van der Waals surface area contributed by atoms with Gasteiger partial charge in [0, 0.05) is 5.69 Å². The number of nitriles is 1. The first kappa shape index (κ1) is 16.8. The number of benzene rings is 1. The number of aryl methyl sites for hydroxylation is 1. The summed E-state index contributed by atoms with van der Waals surface area (Å²) >= 11 is 1.15. The van der Waals surface area contributed by atoms with Crippen LogP contribution in [0.1, 0.15) is 25.1 Å². The van der Waals surface area contributed by atoms with Crippen molar-refractivity contribution in [3.8, 4) is 6.07 Å². The number of aromatic amines is 1. The Morgan fingerprint density at radius 2 is 2.13 bits per heavy atom. The number of hydrogen-bond donors (Lipinski definition) is 2. The number of amides is 1. The number of nitrogens with one attached hydrogen (secondary N) is 2. The van der Waals surface area contributed by atoms with Gasteiger partial charge < -0.3 is 10.3 Å². The van der Waals surface area contributed by atoms with E-state index in [0.29, 0.717) is 23.0 Å². The van der Waals surface area contributed by atoms with Crippen molar-refractivity contribution in [1.82, 2.24) is 9.97 Å². The summed E-state index contributed by atoms with van der Waals surface area (Å²) in [6.07, 6.45) is 0.477. The monoisotopic (exact) mass is 328 g/mol. The molecule has 0 radical (unpaired) electrons. The van der Waals surface area contributed by atoms with Crippen LogP contribution < -0.4 is 10.9 Å². The van der Waals surface area contributed by atoms with Gasteiger partial charge in [-0.2, -0.15) is 5.26 Å². The van der Waals surface area contributed by atoms with Crippen LogP contribution in [-0.4, -0.2) is 21.1 Å². The minimum absolute atomic E-state index is 0.0261. The molecule has 0 aliphatic carbocycles. The molecule has 1 aromatic carbocycles. The maximum Gasteiger partial charge on any atom is 0.269 e. The van der Waals surface area contributed by atoms with Gasteiger partial charge in [0.1, 0.15) is 11.6 Å². The zero-order valence-corrected chi connectivity index (χ0v) is 13.6. The summed E-state index contributed by atoms with van der Waals surface area (Å²) in [4.78, 5) is 30.8. The van der Waals surface area contributed by atoms with Gasteiger partial charge in [0.25, 0.3) is 5.56 Å². The molecular weight excluding hydrogens is 312 g/mol. The van der Waals surface area contributed by atoms with Crippen molar-refractivity contribution >= 4 is 23.4 Å². The van der Waals surface area contributed by atoms with Crippen LogP contribution in [0.4, 0.5) is 5.69 Å². The van der Waals surface area contributed by atoms with Gasteiger partial charge in [0.15, 0.2) is 5.16 Å². The second kappa shape index (κ2) is 7.61. The Morgan fingerprint density at radius 3 is 2.74 bits per heavy atom. The summed E-state index contributed by atoms with van der Waals surface area (Å²) in [7, 11) is 0. The van der Waals surface area contributed by atoms with Crippen molar-refractivity contribution in [2.45, 2.75) is 30.7 Å². The second-order valence-corrected chi connectivity index (χ2v) is 6.10. The standard InChI is InChI=1S/C16H16N4O2S/c1-3-13-12(9-17)15(22)20-16(19-13)23-10(2)14(21)18-11-7-5-4-6-8-11/h4-8,10H,3H2,1-2H3,(H,18,21)(H,19,20,22)/t10-/m0/s1. The van der Waals surface area contributed by atoms with Crippen molar-refractivity contribution in [3.05, 3.63) is 51.9 Å². The Kier molecular flexibility index (Phi) is 5.55. The molecule has 23 heavy (non-hydrogen) atoms. The third-order valence-electron chi connectivity index (χ3n) is 3.12. The summed E-state index contributed by atoms with van der Waals surface area (Å²) in [6.45, 7) is 3.55. The molecule has 7 heteroatoms. The maximum atomic E-state index is 12.2. The number of aromatic nitrogens is 2. The zero-order chi connectivity index (χ0) is 16.8. The van der Waals surface area contributed by atoms with Crippen LogP contribution in [0.2, 0.25) is 0 Å². The average molecular weight is 328 g/mol. The van der Waals surface area contributed by atoms with Crippen LogP contribution in [0.5, 0.6) is 0 Å². The van der Waals surface area contributed by atoms with Crippen LogP contribution >= 0.6 is 11.8 Å². The van der Waals surface area contributed by atoms with Gasteiger partial charge in [-0.05, 0) is 25.5 Å². The predicted molar refractivity (Wildman–Crippen MR) is 89.3 cm³/mol. The van der Waals surface area contributed by atoms with E-state index in [2.05, 4.69) is 15.3 Å². The Bertz CT molecular complexity index is 796. The Labute approximate surface area is 138 Å². The molecule has 1 aromatic heterocycles. The normalized spacial score (nSPS) is 11.5. The van der Waals surface area contributed by atoms with Gasteiger partial charge in [-0.25, -0.2) is 4.98 Å². The fraction of sp³-hybridized carbons (Fsp3) is 0.250.